The molecular formula is C32H23IN2O3S. The van der Waals surface area contributed by atoms with Crippen LogP contribution < -0.4 is 4.74 Å². The normalized spacial score (nSPS) is 15.5. The smallest absolute Gasteiger partial charge is 0.267 e. The molecule has 7 heteroatoms. The van der Waals surface area contributed by atoms with Crippen molar-refractivity contribution in [1.82, 2.24) is 4.90 Å². The molecule has 0 saturated carbocycles. The second-order valence-electron chi connectivity index (χ2n) is 8.97. The minimum Gasteiger partial charge on any atom is -0.488 e. The van der Waals surface area contributed by atoms with Gasteiger partial charge < -0.3 is 9.15 Å². The summed E-state index contributed by atoms with van der Waals surface area (Å²) in [6.45, 7) is 0.803. The molecule has 0 radical (unpaired) electrons. The van der Waals surface area contributed by atoms with E-state index in [1.165, 1.54) is 22.5 Å². The summed E-state index contributed by atoms with van der Waals surface area (Å²) in [7, 11) is 0. The molecule has 4 aromatic carbocycles. The van der Waals surface area contributed by atoms with Gasteiger partial charge in [-0.3, -0.25) is 9.69 Å². The number of fused-ring (bicyclic) bond motifs is 1. The lowest BCUT2D eigenvalue weighted by Gasteiger charge is -2.13. The van der Waals surface area contributed by atoms with Crippen LogP contribution in [0.15, 0.2) is 124 Å². The van der Waals surface area contributed by atoms with E-state index in [2.05, 4.69) is 52.9 Å². The number of para-hydroxylation sites is 1. The topological polar surface area (TPSA) is 55.0 Å². The zero-order valence-electron chi connectivity index (χ0n) is 20.8. The van der Waals surface area contributed by atoms with Crippen LogP contribution >= 0.6 is 34.4 Å². The number of amidine groups is 1. The van der Waals surface area contributed by atoms with Gasteiger partial charge in [-0.05, 0) is 105 Å². The highest BCUT2D eigenvalue weighted by atomic mass is 127. The van der Waals surface area contributed by atoms with E-state index in [0.29, 0.717) is 29.0 Å². The monoisotopic (exact) mass is 642 g/mol. The molecule has 1 aromatic heterocycles. The number of carbonyl (C=O) groups is 1. The van der Waals surface area contributed by atoms with Crippen LogP contribution in [-0.4, -0.2) is 16.0 Å². The molecule has 0 N–H and O–H groups in total. The predicted molar refractivity (Wildman–Crippen MR) is 166 cm³/mol. The van der Waals surface area contributed by atoms with E-state index < -0.39 is 0 Å². The molecule has 6 rings (SSSR count). The van der Waals surface area contributed by atoms with Crippen LogP contribution in [0.3, 0.4) is 0 Å². The lowest BCUT2D eigenvalue weighted by Crippen LogP contribution is -2.28. The van der Waals surface area contributed by atoms with Gasteiger partial charge in [0.2, 0.25) is 0 Å². The van der Waals surface area contributed by atoms with Crippen LogP contribution in [0.5, 0.6) is 5.75 Å². The van der Waals surface area contributed by atoms with Gasteiger partial charge in [-0.1, -0.05) is 60.7 Å². The maximum absolute atomic E-state index is 13.4. The first-order chi connectivity index (χ1) is 19.1. The molecule has 39 heavy (non-hydrogen) atoms. The molecule has 5 nitrogen and oxygen atoms in total. The summed E-state index contributed by atoms with van der Waals surface area (Å²) in [5.41, 5.74) is 2.83. The van der Waals surface area contributed by atoms with Crippen LogP contribution in [0.1, 0.15) is 16.9 Å². The van der Waals surface area contributed by atoms with Crippen LogP contribution in [0, 0.1) is 3.57 Å². The van der Waals surface area contributed by atoms with Crippen molar-refractivity contribution in [3.8, 4) is 5.75 Å². The maximum Gasteiger partial charge on any atom is 0.267 e. The predicted octanol–water partition coefficient (Wildman–Crippen LogP) is 8.42. The lowest BCUT2D eigenvalue weighted by molar-refractivity contribution is -0.122. The lowest BCUT2D eigenvalue weighted by atomic mass is 10.1. The number of thioether (sulfide) groups is 1. The summed E-state index contributed by atoms with van der Waals surface area (Å²) >= 11 is 3.65. The fourth-order valence-corrected chi connectivity index (χ4v) is 5.96. The van der Waals surface area contributed by atoms with Crippen molar-refractivity contribution in [1.29, 1.82) is 0 Å². The average molecular weight is 643 g/mol. The molecule has 5 aromatic rings. The fourth-order valence-electron chi connectivity index (χ4n) is 4.27. The summed E-state index contributed by atoms with van der Waals surface area (Å²) in [6.07, 6.45) is 3.52. The number of furan rings is 1. The van der Waals surface area contributed by atoms with Crippen LogP contribution in [0.25, 0.3) is 16.8 Å². The van der Waals surface area contributed by atoms with E-state index in [1.807, 2.05) is 78.9 Å². The minimum atomic E-state index is -0.0993. The maximum atomic E-state index is 13.4. The molecule has 1 fully saturated rings. The van der Waals surface area contributed by atoms with Crippen molar-refractivity contribution in [3.05, 3.63) is 135 Å². The Morgan fingerprint density at radius 2 is 1.72 bits per heavy atom. The Balaban J connectivity index is 1.21. The minimum absolute atomic E-state index is 0.0993. The Kier molecular flexibility index (Phi) is 7.51. The van der Waals surface area contributed by atoms with Crippen molar-refractivity contribution in [2.45, 2.75) is 13.2 Å². The van der Waals surface area contributed by atoms with Gasteiger partial charge in [0.25, 0.3) is 5.91 Å². The second kappa shape index (κ2) is 11.5. The highest BCUT2D eigenvalue weighted by Crippen LogP contribution is 2.36. The molecule has 2 heterocycles. The molecule has 0 unspecified atom stereocenters. The Labute approximate surface area is 244 Å². The van der Waals surface area contributed by atoms with E-state index in [4.69, 9.17) is 14.1 Å². The van der Waals surface area contributed by atoms with Gasteiger partial charge in [0, 0.05) is 0 Å². The van der Waals surface area contributed by atoms with Gasteiger partial charge in [-0.15, -0.1) is 0 Å². The Morgan fingerprint density at radius 3 is 2.51 bits per heavy atom. The first-order valence-corrected chi connectivity index (χ1v) is 14.3. The van der Waals surface area contributed by atoms with Gasteiger partial charge in [0.05, 0.1) is 27.0 Å². The standard InChI is InChI=1S/C32H23IN2O3S/c33-28-18-22(13-15-29(28)38-21-23-12-14-24-7-4-5-8-25(24)17-23)19-30-31(36)35(20-27-11-6-16-37-27)32(39-30)34-26-9-2-1-3-10-26/h1-19H,20-21H2/b30-19-,34-32?. The molecule has 1 amide bonds. The molecule has 0 atom stereocenters. The van der Waals surface area contributed by atoms with E-state index >= 15 is 0 Å². The number of amides is 1. The Hall–Kier alpha value is -3.82. The number of carbonyl (C=O) groups excluding carboxylic acids is 1. The number of hydrogen-bond donors (Lipinski definition) is 0. The molecule has 192 valence electrons. The van der Waals surface area contributed by atoms with Crippen molar-refractivity contribution >= 4 is 68.0 Å². The first-order valence-electron chi connectivity index (χ1n) is 12.4. The number of ether oxygens (including phenoxy) is 1. The van der Waals surface area contributed by atoms with Gasteiger partial charge in [-0.25, -0.2) is 4.99 Å². The third kappa shape index (κ3) is 5.94. The quantitative estimate of drug-likeness (QED) is 0.132. The van der Waals surface area contributed by atoms with Crippen molar-refractivity contribution in [3.63, 3.8) is 0 Å². The van der Waals surface area contributed by atoms with E-state index in [0.717, 1.165) is 26.1 Å². The van der Waals surface area contributed by atoms with E-state index in [-0.39, 0.29) is 5.91 Å². The van der Waals surface area contributed by atoms with E-state index in [9.17, 15) is 4.79 Å². The highest BCUT2D eigenvalue weighted by Gasteiger charge is 2.34. The van der Waals surface area contributed by atoms with Crippen LogP contribution in [0.4, 0.5) is 5.69 Å². The third-order valence-corrected chi connectivity index (χ3v) is 8.07. The summed E-state index contributed by atoms with van der Waals surface area (Å²) < 4.78 is 12.6. The van der Waals surface area contributed by atoms with Crippen molar-refractivity contribution < 1.29 is 13.9 Å². The van der Waals surface area contributed by atoms with Crippen LogP contribution in [-0.2, 0) is 17.9 Å². The largest absolute Gasteiger partial charge is 0.488 e. The van der Waals surface area contributed by atoms with E-state index in [1.54, 1.807) is 11.2 Å². The molecular weight excluding hydrogens is 619 g/mol. The van der Waals surface area contributed by atoms with Crippen molar-refractivity contribution in [2.24, 2.45) is 4.99 Å². The number of nitrogens with zero attached hydrogens (tertiary/aromatic N) is 2. The molecule has 1 aliphatic heterocycles. The number of hydrogen-bond acceptors (Lipinski definition) is 5. The SMILES string of the molecule is O=C1/C(=C/c2ccc(OCc3ccc4ccccc4c3)c(I)c2)SC(=Nc2ccccc2)N1Cc1ccco1. The Morgan fingerprint density at radius 1 is 0.897 bits per heavy atom. The highest BCUT2D eigenvalue weighted by molar-refractivity contribution is 14.1. The zero-order chi connectivity index (χ0) is 26.6. The molecule has 0 aliphatic carbocycles. The Bertz CT molecular complexity index is 1700. The average Bonchev–Trinajstić information content (AvgIpc) is 3.57. The van der Waals surface area contributed by atoms with Gasteiger partial charge in [-0.2, -0.15) is 0 Å². The molecule has 0 spiro atoms. The van der Waals surface area contributed by atoms with Gasteiger partial charge >= 0.3 is 0 Å². The summed E-state index contributed by atoms with van der Waals surface area (Å²) in [4.78, 5) is 20.4. The summed E-state index contributed by atoms with van der Waals surface area (Å²) in [6, 6.07) is 34.0. The third-order valence-electron chi connectivity index (χ3n) is 6.22. The number of halogens is 1. The zero-order valence-corrected chi connectivity index (χ0v) is 23.8. The summed E-state index contributed by atoms with van der Waals surface area (Å²) in [5, 5.41) is 3.04. The fraction of sp³-hybridized carbons (Fsp3) is 0.0625. The number of rotatable bonds is 7. The first kappa shape index (κ1) is 25.5. The number of benzene rings is 4. The summed E-state index contributed by atoms with van der Waals surface area (Å²) in [5.74, 6) is 1.41. The number of aliphatic imine (C=N–C) groups is 1. The van der Waals surface area contributed by atoms with Gasteiger partial charge in [0.15, 0.2) is 5.17 Å². The second-order valence-corrected chi connectivity index (χ2v) is 11.1. The molecule has 1 aliphatic rings. The van der Waals surface area contributed by atoms with Crippen molar-refractivity contribution in [2.75, 3.05) is 0 Å². The van der Waals surface area contributed by atoms with Gasteiger partial charge in [0.1, 0.15) is 18.1 Å². The molecule has 0 bridgehead atoms. The van der Waals surface area contributed by atoms with Crippen LogP contribution in [0.2, 0.25) is 0 Å². The molecule has 1 saturated heterocycles.